The Labute approximate surface area is 84.1 Å². The summed E-state index contributed by atoms with van der Waals surface area (Å²) in [7, 11) is 0. The quantitative estimate of drug-likeness (QED) is 0.658. The fourth-order valence-corrected chi connectivity index (χ4v) is 0.513. The van der Waals surface area contributed by atoms with E-state index < -0.39 is 5.97 Å². The standard InChI is InChI=1S/C7H13NO.C3H4O2/c1-3-4-5-6(2)7(8)9;1-2-3(4)5/h2-5H2,1H3,(H2,8,9);2H,1H2,(H,4,5). The lowest BCUT2D eigenvalue weighted by Gasteiger charge is -1.96. The second kappa shape index (κ2) is 9.51. The molecule has 0 aromatic heterocycles. The molecule has 0 fully saturated rings. The highest BCUT2D eigenvalue weighted by atomic mass is 16.4. The smallest absolute Gasteiger partial charge is 0.327 e. The van der Waals surface area contributed by atoms with Crippen LogP contribution in [0.15, 0.2) is 24.8 Å². The lowest BCUT2D eigenvalue weighted by atomic mass is 10.1. The van der Waals surface area contributed by atoms with Crippen LogP contribution in [0.3, 0.4) is 0 Å². The van der Waals surface area contributed by atoms with E-state index in [0.29, 0.717) is 5.57 Å². The zero-order chi connectivity index (χ0) is 11.6. The molecule has 0 aromatic carbocycles. The maximum atomic E-state index is 10.3. The predicted octanol–water partition coefficient (Wildman–Crippen LogP) is 1.48. The van der Waals surface area contributed by atoms with Gasteiger partial charge in [-0.25, -0.2) is 4.79 Å². The van der Waals surface area contributed by atoms with Gasteiger partial charge in [-0.3, -0.25) is 4.79 Å². The van der Waals surface area contributed by atoms with Crippen molar-refractivity contribution in [1.82, 2.24) is 0 Å². The molecule has 0 saturated carbocycles. The Bertz CT molecular complexity index is 221. The Morgan fingerprint density at radius 2 is 1.93 bits per heavy atom. The maximum absolute atomic E-state index is 10.3. The highest BCUT2D eigenvalue weighted by Crippen LogP contribution is 2.02. The van der Waals surface area contributed by atoms with Crippen LogP contribution in [0.25, 0.3) is 0 Å². The molecule has 0 aliphatic carbocycles. The average molecular weight is 199 g/mol. The minimum absolute atomic E-state index is 0.372. The average Bonchev–Trinajstić information content (AvgIpc) is 2.14. The van der Waals surface area contributed by atoms with E-state index in [0.717, 1.165) is 25.3 Å². The molecule has 1 amide bonds. The van der Waals surface area contributed by atoms with Gasteiger partial charge in [-0.2, -0.15) is 0 Å². The molecule has 0 unspecified atom stereocenters. The van der Waals surface area contributed by atoms with E-state index >= 15 is 0 Å². The monoisotopic (exact) mass is 199 g/mol. The van der Waals surface area contributed by atoms with Gasteiger partial charge in [0.05, 0.1) is 0 Å². The number of carboxylic acid groups (broad SMARTS) is 1. The molecule has 0 rings (SSSR count). The number of carbonyl (C=O) groups is 2. The van der Waals surface area contributed by atoms with Crippen molar-refractivity contribution in [3.05, 3.63) is 24.8 Å². The summed E-state index contributed by atoms with van der Waals surface area (Å²) in [6, 6.07) is 0. The van der Waals surface area contributed by atoms with Crippen molar-refractivity contribution in [2.75, 3.05) is 0 Å². The van der Waals surface area contributed by atoms with Crippen LogP contribution in [0.1, 0.15) is 26.2 Å². The van der Waals surface area contributed by atoms with Crippen LogP contribution < -0.4 is 5.73 Å². The molecule has 4 nitrogen and oxygen atoms in total. The number of carbonyl (C=O) groups excluding carboxylic acids is 1. The van der Waals surface area contributed by atoms with Gasteiger partial charge in [-0.05, 0) is 12.8 Å². The largest absolute Gasteiger partial charge is 0.478 e. The number of amides is 1. The number of nitrogens with two attached hydrogens (primary N) is 1. The number of aliphatic carboxylic acids is 1. The van der Waals surface area contributed by atoms with E-state index in [2.05, 4.69) is 20.1 Å². The molecule has 80 valence electrons. The topological polar surface area (TPSA) is 80.4 Å². The van der Waals surface area contributed by atoms with Gasteiger partial charge < -0.3 is 10.8 Å². The maximum Gasteiger partial charge on any atom is 0.327 e. The molecule has 3 N–H and O–H groups in total. The predicted molar refractivity (Wildman–Crippen MR) is 55.7 cm³/mol. The molecule has 0 aliphatic heterocycles. The lowest BCUT2D eigenvalue weighted by Crippen LogP contribution is -2.12. The van der Waals surface area contributed by atoms with Gasteiger partial charge in [-0.15, -0.1) is 0 Å². The summed E-state index contributed by atoms with van der Waals surface area (Å²) in [5.74, 6) is -1.35. The van der Waals surface area contributed by atoms with Gasteiger partial charge in [0.15, 0.2) is 0 Å². The van der Waals surface area contributed by atoms with Crippen LogP contribution in [0.5, 0.6) is 0 Å². The summed E-state index contributed by atoms with van der Waals surface area (Å²) < 4.78 is 0. The number of carboxylic acids is 1. The van der Waals surface area contributed by atoms with E-state index in [4.69, 9.17) is 10.8 Å². The first-order chi connectivity index (χ1) is 6.45. The molecule has 0 radical (unpaired) electrons. The summed E-state index contributed by atoms with van der Waals surface area (Å²) in [6.45, 7) is 8.54. The SMILES string of the molecule is C=C(CCCC)C(N)=O.C=CC(=O)O. The fraction of sp³-hybridized carbons (Fsp3) is 0.400. The molecule has 0 atom stereocenters. The van der Waals surface area contributed by atoms with Crippen molar-refractivity contribution >= 4 is 11.9 Å². The van der Waals surface area contributed by atoms with Crippen molar-refractivity contribution in [3.8, 4) is 0 Å². The third kappa shape index (κ3) is 13.0. The molecule has 4 heteroatoms. The van der Waals surface area contributed by atoms with E-state index in [9.17, 15) is 9.59 Å². The van der Waals surface area contributed by atoms with Crippen molar-refractivity contribution in [2.24, 2.45) is 5.73 Å². The van der Waals surface area contributed by atoms with Crippen LogP contribution >= 0.6 is 0 Å². The van der Waals surface area contributed by atoms with Crippen molar-refractivity contribution in [3.63, 3.8) is 0 Å². The number of rotatable bonds is 5. The lowest BCUT2D eigenvalue weighted by molar-refractivity contribution is -0.131. The third-order valence-corrected chi connectivity index (χ3v) is 1.36. The zero-order valence-electron chi connectivity index (χ0n) is 8.45. The number of primary amides is 1. The van der Waals surface area contributed by atoms with Crippen molar-refractivity contribution in [1.29, 1.82) is 0 Å². The molecule has 0 bridgehead atoms. The van der Waals surface area contributed by atoms with Crippen LogP contribution in [0.4, 0.5) is 0 Å². The van der Waals surface area contributed by atoms with E-state index in [1.54, 1.807) is 0 Å². The number of hydrogen-bond donors (Lipinski definition) is 2. The Kier molecular flexibility index (Phi) is 10.1. The summed E-state index contributed by atoms with van der Waals surface area (Å²) in [5, 5.41) is 7.60. The molecule has 0 spiro atoms. The summed E-state index contributed by atoms with van der Waals surface area (Å²) in [5.41, 5.74) is 5.48. The molecule has 0 aliphatic rings. The van der Waals surface area contributed by atoms with Crippen LogP contribution in [-0.4, -0.2) is 17.0 Å². The normalized spacial score (nSPS) is 8.07. The second-order valence-corrected chi connectivity index (χ2v) is 2.61. The van der Waals surface area contributed by atoms with Gasteiger partial charge >= 0.3 is 5.97 Å². The van der Waals surface area contributed by atoms with Gasteiger partial charge in [-0.1, -0.05) is 26.5 Å². The fourth-order valence-electron chi connectivity index (χ4n) is 0.513. The van der Waals surface area contributed by atoms with Gasteiger partial charge in [0.1, 0.15) is 0 Å². The van der Waals surface area contributed by atoms with Crippen molar-refractivity contribution < 1.29 is 14.7 Å². The molecule has 0 saturated heterocycles. The molecular formula is C10H17NO3. The molecule has 0 heterocycles. The Balaban J connectivity index is 0. The highest BCUT2D eigenvalue weighted by Gasteiger charge is 1.98. The number of hydrogen-bond acceptors (Lipinski definition) is 2. The summed E-state index contributed by atoms with van der Waals surface area (Å²) in [4.78, 5) is 19.6. The van der Waals surface area contributed by atoms with Crippen LogP contribution in [0, 0.1) is 0 Å². The first-order valence-electron chi connectivity index (χ1n) is 4.28. The third-order valence-electron chi connectivity index (χ3n) is 1.36. The second-order valence-electron chi connectivity index (χ2n) is 2.61. The van der Waals surface area contributed by atoms with E-state index in [1.165, 1.54) is 0 Å². The van der Waals surface area contributed by atoms with E-state index in [1.807, 2.05) is 0 Å². The Morgan fingerprint density at radius 1 is 1.50 bits per heavy atom. The molecule has 14 heavy (non-hydrogen) atoms. The van der Waals surface area contributed by atoms with Gasteiger partial charge in [0.25, 0.3) is 0 Å². The van der Waals surface area contributed by atoms with Gasteiger partial charge in [0, 0.05) is 11.6 Å². The molecular weight excluding hydrogens is 182 g/mol. The van der Waals surface area contributed by atoms with Gasteiger partial charge in [0.2, 0.25) is 5.91 Å². The Hall–Kier alpha value is -1.58. The minimum atomic E-state index is -0.981. The van der Waals surface area contributed by atoms with Crippen LogP contribution in [-0.2, 0) is 9.59 Å². The number of unbranched alkanes of at least 4 members (excludes halogenated alkanes) is 1. The summed E-state index contributed by atoms with van der Waals surface area (Å²) in [6.07, 6.45) is 3.65. The minimum Gasteiger partial charge on any atom is -0.478 e. The first kappa shape index (κ1) is 14.9. The summed E-state index contributed by atoms with van der Waals surface area (Å²) >= 11 is 0. The first-order valence-corrected chi connectivity index (χ1v) is 4.28. The highest BCUT2D eigenvalue weighted by molar-refractivity contribution is 5.91. The van der Waals surface area contributed by atoms with E-state index in [-0.39, 0.29) is 5.91 Å². The van der Waals surface area contributed by atoms with Crippen molar-refractivity contribution in [2.45, 2.75) is 26.2 Å². The molecule has 0 aromatic rings. The Morgan fingerprint density at radius 3 is 2.14 bits per heavy atom. The van der Waals surface area contributed by atoms with Crippen LogP contribution in [0.2, 0.25) is 0 Å². The zero-order valence-corrected chi connectivity index (χ0v) is 8.45.